The Morgan fingerprint density at radius 1 is 1.39 bits per heavy atom. The summed E-state index contributed by atoms with van der Waals surface area (Å²) in [4.78, 5) is 35.9. The lowest BCUT2D eigenvalue weighted by Crippen LogP contribution is -2.15. The second kappa shape index (κ2) is 6.95. The maximum absolute atomic E-state index is 12.1. The Labute approximate surface area is 138 Å². The van der Waals surface area contributed by atoms with Crippen LogP contribution in [0.5, 0.6) is 0 Å². The van der Waals surface area contributed by atoms with Gasteiger partial charge >= 0.3 is 11.9 Å². The molecule has 1 aliphatic carbocycles. The predicted octanol–water partition coefficient (Wildman–Crippen LogP) is 2.63. The molecule has 1 amide bonds. The van der Waals surface area contributed by atoms with Gasteiger partial charge in [-0.25, -0.2) is 9.59 Å². The summed E-state index contributed by atoms with van der Waals surface area (Å²) in [6.07, 6.45) is 3.63. The van der Waals surface area contributed by atoms with Crippen molar-refractivity contribution in [2.24, 2.45) is 5.92 Å². The van der Waals surface area contributed by atoms with Gasteiger partial charge in [-0.2, -0.15) is 0 Å². The van der Waals surface area contributed by atoms with Crippen molar-refractivity contribution < 1.29 is 24.2 Å². The van der Waals surface area contributed by atoms with E-state index in [9.17, 15) is 14.4 Å². The Kier molecular flexibility index (Phi) is 5.20. The van der Waals surface area contributed by atoms with Crippen molar-refractivity contribution in [1.29, 1.82) is 0 Å². The van der Waals surface area contributed by atoms with Crippen LogP contribution in [-0.4, -0.2) is 30.1 Å². The van der Waals surface area contributed by atoms with Crippen LogP contribution in [-0.2, 0) is 27.2 Å². The second-order valence-corrected chi connectivity index (χ2v) is 6.77. The van der Waals surface area contributed by atoms with Crippen LogP contribution >= 0.6 is 11.3 Å². The van der Waals surface area contributed by atoms with Crippen LogP contribution in [0.25, 0.3) is 0 Å². The summed E-state index contributed by atoms with van der Waals surface area (Å²) in [5.74, 6) is -1.68. The van der Waals surface area contributed by atoms with Gasteiger partial charge in [-0.05, 0) is 37.7 Å². The van der Waals surface area contributed by atoms with Crippen molar-refractivity contribution >= 4 is 34.2 Å². The van der Waals surface area contributed by atoms with Crippen molar-refractivity contribution in [2.45, 2.75) is 33.1 Å². The number of carboxylic acid groups (broad SMARTS) is 1. The summed E-state index contributed by atoms with van der Waals surface area (Å²) in [6, 6.07) is 0. The maximum atomic E-state index is 12.1. The molecule has 0 saturated carbocycles. The van der Waals surface area contributed by atoms with E-state index in [0.29, 0.717) is 16.5 Å². The fourth-order valence-corrected chi connectivity index (χ4v) is 3.96. The summed E-state index contributed by atoms with van der Waals surface area (Å²) >= 11 is 1.36. The van der Waals surface area contributed by atoms with Crippen molar-refractivity contribution in [2.75, 3.05) is 12.4 Å². The molecule has 124 valence electrons. The number of thiophene rings is 1. The van der Waals surface area contributed by atoms with E-state index in [2.05, 4.69) is 12.2 Å². The number of rotatable bonds is 4. The van der Waals surface area contributed by atoms with Crippen molar-refractivity contribution in [1.82, 2.24) is 0 Å². The third kappa shape index (κ3) is 3.79. The van der Waals surface area contributed by atoms with Gasteiger partial charge in [-0.15, -0.1) is 11.3 Å². The van der Waals surface area contributed by atoms with Crippen molar-refractivity contribution in [3.63, 3.8) is 0 Å². The first-order valence-electron chi connectivity index (χ1n) is 7.28. The summed E-state index contributed by atoms with van der Waals surface area (Å²) in [6.45, 7) is 3.49. The number of carbonyl (C=O) groups is 3. The molecule has 2 N–H and O–H groups in total. The summed E-state index contributed by atoms with van der Waals surface area (Å²) < 4.78 is 4.84. The fraction of sp³-hybridized carbons (Fsp3) is 0.438. The first kappa shape index (κ1) is 17.2. The molecule has 1 aromatic heterocycles. The third-order valence-corrected chi connectivity index (χ3v) is 4.99. The highest BCUT2D eigenvalue weighted by molar-refractivity contribution is 7.17. The maximum Gasteiger partial charge on any atom is 0.341 e. The topological polar surface area (TPSA) is 92.7 Å². The molecule has 1 heterocycles. The molecule has 0 bridgehead atoms. The van der Waals surface area contributed by atoms with Crippen LogP contribution in [0.4, 0.5) is 5.00 Å². The van der Waals surface area contributed by atoms with Gasteiger partial charge in [0.25, 0.3) is 0 Å². The monoisotopic (exact) mass is 337 g/mol. The molecule has 0 aromatic carbocycles. The molecule has 0 unspecified atom stereocenters. The van der Waals surface area contributed by atoms with Crippen LogP contribution in [0.1, 0.15) is 41.1 Å². The Balaban J connectivity index is 2.35. The largest absolute Gasteiger partial charge is 0.478 e. The van der Waals surface area contributed by atoms with E-state index in [4.69, 9.17) is 9.84 Å². The predicted molar refractivity (Wildman–Crippen MR) is 86.9 cm³/mol. The zero-order chi connectivity index (χ0) is 17.1. The van der Waals surface area contributed by atoms with Crippen LogP contribution in [0.3, 0.4) is 0 Å². The van der Waals surface area contributed by atoms with E-state index in [-0.39, 0.29) is 5.57 Å². The van der Waals surface area contributed by atoms with Gasteiger partial charge in [0.15, 0.2) is 0 Å². The van der Waals surface area contributed by atoms with E-state index >= 15 is 0 Å². The van der Waals surface area contributed by atoms with Crippen LogP contribution in [0.2, 0.25) is 0 Å². The SMILES string of the molecule is COC(=O)c1c(NC(=O)/C=C(\C)C(=O)O)sc2c1CC[C@H](C)C2. The highest BCUT2D eigenvalue weighted by Gasteiger charge is 2.28. The molecule has 0 fully saturated rings. The number of carbonyl (C=O) groups excluding carboxylic acids is 2. The number of methoxy groups -OCH3 is 1. The third-order valence-electron chi connectivity index (χ3n) is 3.82. The highest BCUT2D eigenvalue weighted by atomic mass is 32.1. The van der Waals surface area contributed by atoms with Gasteiger partial charge in [0, 0.05) is 16.5 Å². The number of esters is 1. The van der Waals surface area contributed by atoms with Crippen LogP contribution < -0.4 is 5.32 Å². The number of ether oxygens (including phenoxy) is 1. The molecular weight excluding hydrogens is 318 g/mol. The zero-order valence-corrected chi connectivity index (χ0v) is 14.1. The number of fused-ring (bicyclic) bond motifs is 1. The Morgan fingerprint density at radius 3 is 2.70 bits per heavy atom. The summed E-state index contributed by atoms with van der Waals surface area (Å²) in [5.41, 5.74) is 1.26. The number of hydrogen-bond acceptors (Lipinski definition) is 5. The minimum Gasteiger partial charge on any atom is -0.478 e. The van der Waals surface area contributed by atoms with Crippen molar-refractivity contribution in [3.05, 3.63) is 27.7 Å². The number of anilines is 1. The minimum atomic E-state index is -1.16. The van der Waals surface area contributed by atoms with Gasteiger partial charge in [0.1, 0.15) is 5.00 Å². The quantitative estimate of drug-likeness (QED) is 0.651. The highest BCUT2D eigenvalue weighted by Crippen LogP contribution is 2.40. The number of carboxylic acids is 1. The van der Waals surface area contributed by atoms with E-state index < -0.39 is 17.8 Å². The van der Waals surface area contributed by atoms with Gasteiger partial charge in [-0.3, -0.25) is 4.79 Å². The lowest BCUT2D eigenvalue weighted by atomic mass is 9.88. The molecule has 0 radical (unpaired) electrons. The summed E-state index contributed by atoms with van der Waals surface area (Å²) in [5, 5.41) is 11.9. The molecule has 0 aliphatic heterocycles. The molecule has 23 heavy (non-hydrogen) atoms. The van der Waals surface area contributed by atoms with E-state index in [1.165, 1.54) is 25.4 Å². The average Bonchev–Trinajstić information content (AvgIpc) is 2.82. The molecule has 0 spiro atoms. The number of aliphatic carboxylic acids is 1. The molecule has 7 heteroatoms. The van der Waals surface area contributed by atoms with Gasteiger partial charge in [0.2, 0.25) is 5.91 Å². The summed E-state index contributed by atoms with van der Waals surface area (Å²) in [7, 11) is 1.30. The molecule has 1 aliphatic rings. The number of nitrogens with one attached hydrogen (secondary N) is 1. The smallest absolute Gasteiger partial charge is 0.341 e. The lowest BCUT2D eigenvalue weighted by Gasteiger charge is -2.18. The second-order valence-electron chi connectivity index (χ2n) is 5.67. The molecule has 2 rings (SSSR count). The van der Waals surface area contributed by atoms with E-state index in [1.807, 2.05) is 0 Å². The van der Waals surface area contributed by atoms with Crippen molar-refractivity contribution in [3.8, 4) is 0 Å². The van der Waals surface area contributed by atoms with E-state index in [0.717, 1.165) is 35.8 Å². The van der Waals surface area contributed by atoms with Gasteiger partial charge < -0.3 is 15.2 Å². The Hall–Kier alpha value is -2.15. The van der Waals surface area contributed by atoms with Gasteiger partial charge in [-0.1, -0.05) is 6.92 Å². The van der Waals surface area contributed by atoms with Crippen LogP contribution in [0.15, 0.2) is 11.6 Å². The normalized spacial score (nSPS) is 17.3. The Morgan fingerprint density at radius 2 is 2.09 bits per heavy atom. The molecule has 1 aromatic rings. The average molecular weight is 337 g/mol. The zero-order valence-electron chi connectivity index (χ0n) is 13.3. The first-order chi connectivity index (χ1) is 10.8. The lowest BCUT2D eigenvalue weighted by molar-refractivity contribution is -0.132. The fourth-order valence-electron chi connectivity index (χ4n) is 2.56. The minimum absolute atomic E-state index is 0.0722. The number of hydrogen-bond donors (Lipinski definition) is 2. The Bertz CT molecular complexity index is 689. The van der Waals surface area contributed by atoms with E-state index in [1.54, 1.807) is 0 Å². The molecule has 0 saturated heterocycles. The molecular formula is C16H19NO5S. The van der Waals surface area contributed by atoms with Crippen LogP contribution in [0, 0.1) is 5.92 Å². The molecule has 6 nitrogen and oxygen atoms in total. The van der Waals surface area contributed by atoms with Gasteiger partial charge in [0.05, 0.1) is 12.7 Å². The molecule has 1 atom stereocenters. The number of amides is 1. The standard InChI is InChI=1S/C16H19NO5S/c1-8-4-5-10-11(6-8)23-14(13(10)16(21)22-3)17-12(18)7-9(2)15(19)20/h7-8H,4-6H2,1-3H3,(H,17,18)(H,19,20)/b9-7+/t8-/m0/s1. The first-order valence-corrected chi connectivity index (χ1v) is 8.10.